The third-order valence-electron chi connectivity index (χ3n) is 3.62. The highest BCUT2D eigenvalue weighted by Gasteiger charge is 2.17. The van der Waals surface area contributed by atoms with Gasteiger partial charge < -0.3 is 20.5 Å². The van der Waals surface area contributed by atoms with Crippen molar-refractivity contribution in [1.29, 1.82) is 0 Å². The summed E-state index contributed by atoms with van der Waals surface area (Å²) in [4.78, 5) is 0. The van der Waals surface area contributed by atoms with E-state index >= 15 is 0 Å². The van der Waals surface area contributed by atoms with Crippen molar-refractivity contribution in [1.82, 2.24) is 10.6 Å². The smallest absolute Gasteiger partial charge is 0.127 e. The average Bonchev–Trinajstić information content (AvgIpc) is 2.51. The van der Waals surface area contributed by atoms with E-state index in [0.29, 0.717) is 6.54 Å². The fourth-order valence-corrected chi connectivity index (χ4v) is 2.47. The normalized spacial score (nSPS) is 13.3. The van der Waals surface area contributed by atoms with Crippen molar-refractivity contribution in [2.75, 3.05) is 26.7 Å². The van der Waals surface area contributed by atoms with Crippen molar-refractivity contribution in [3.8, 4) is 5.75 Å². The third kappa shape index (κ3) is 4.70. The molecule has 0 saturated heterocycles. The lowest BCUT2D eigenvalue weighted by Gasteiger charge is -2.27. The van der Waals surface area contributed by atoms with Gasteiger partial charge in [-0.05, 0) is 32.3 Å². The summed E-state index contributed by atoms with van der Waals surface area (Å²) in [5, 5.41) is 18.8. The molecule has 0 aliphatic carbocycles. The Bertz CT molecular complexity index is 593. The fourth-order valence-electron chi connectivity index (χ4n) is 2.47. The van der Waals surface area contributed by atoms with Gasteiger partial charge >= 0.3 is 0 Å². The average molecular weight is 302 g/mol. The van der Waals surface area contributed by atoms with E-state index < -0.39 is 6.10 Å². The van der Waals surface area contributed by atoms with E-state index in [2.05, 4.69) is 36.6 Å². The Kier molecular flexibility index (Phi) is 5.77. The number of nitrogens with one attached hydrogen (secondary N) is 2. The van der Waals surface area contributed by atoms with Gasteiger partial charge in [0.1, 0.15) is 18.5 Å². The molecule has 0 saturated carbocycles. The zero-order chi connectivity index (χ0) is 16.0. The highest BCUT2D eigenvalue weighted by molar-refractivity contribution is 5.88. The van der Waals surface area contributed by atoms with Crippen LogP contribution in [0.2, 0.25) is 0 Å². The van der Waals surface area contributed by atoms with Crippen LogP contribution in [0.1, 0.15) is 13.8 Å². The molecule has 22 heavy (non-hydrogen) atoms. The molecule has 2 rings (SSSR count). The van der Waals surface area contributed by atoms with Gasteiger partial charge in [-0.3, -0.25) is 0 Å². The topological polar surface area (TPSA) is 53.5 Å². The molecule has 2 aromatic carbocycles. The molecule has 0 aromatic heterocycles. The minimum atomic E-state index is -0.546. The lowest BCUT2D eigenvalue weighted by Crippen LogP contribution is -2.50. The van der Waals surface area contributed by atoms with Gasteiger partial charge in [-0.2, -0.15) is 0 Å². The zero-order valence-electron chi connectivity index (χ0n) is 13.6. The molecule has 0 radical (unpaired) electrons. The Hall–Kier alpha value is -1.62. The van der Waals surface area contributed by atoms with E-state index in [1.807, 2.05) is 37.4 Å². The summed E-state index contributed by atoms with van der Waals surface area (Å²) in [5.74, 6) is 0.812. The number of hydrogen-bond acceptors (Lipinski definition) is 4. The van der Waals surface area contributed by atoms with Crippen LogP contribution in [0, 0.1) is 0 Å². The number of aliphatic hydroxyl groups is 1. The number of aliphatic hydroxyl groups excluding tert-OH is 1. The van der Waals surface area contributed by atoms with Crippen LogP contribution in [-0.4, -0.2) is 43.5 Å². The van der Waals surface area contributed by atoms with Gasteiger partial charge in [-0.15, -0.1) is 0 Å². The van der Waals surface area contributed by atoms with Gasteiger partial charge in [-0.25, -0.2) is 0 Å². The van der Waals surface area contributed by atoms with E-state index in [0.717, 1.165) is 23.1 Å². The van der Waals surface area contributed by atoms with Crippen LogP contribution >= 0.6 is 0 Å². The third-order valence-corrected chi connectivity index (χ3v) is 3.62. The molecular formula is C18H26N2O2. The van der Waals surface area contributed by atoms with Crippen LogP contribution in [-0.2, 0) is 0 Å². The summed E-state index contributed by atoms with van der Waals surface area (Å²) >= 11 is 0. The highest BCUT2D eigenvalue weighted by atomic mass is 16.5. The van der Waals surface area contributed by atoms with Crippen LogP contribution in [0.5, 0.6) is 5.75 Å². The molecule has 0 amide bonds. The van der Waals surface area contributed by atoms with Crippen LogP contribution in [0.15, 0.2) is 42.5 Å². The molecule has 0 aliphatic rings. The van der Waals surface area contributed by atoms with Crippen molar-refractivity contribution in [3.05, 3.63) is 42.5 Å². The molecule has 3 N–H and O–H groups in total. The van der Waals surface area contributed by atoms with Crippen LogP contribution in [0.3, 0.4) is 0 Å². The van der Waals surface area contributed by atoms with Crippen LogP contribution in [0.25, 0.3) is 10.8 Å². The largest absolute Gasteiger partial charge is 0.490 e. The Morgan fingerprint density at radius 1 is 1.14 bits per heavy atom. The number of likely N-dealkylation sites (N-methyl/N-ethyl adjacent to an activating group) is 1. The lowest BCUT2D eigenvalue weighted by atomic mass is 10.1. The van der Waals surface area contributed by atoms with Crippen molar-refractivity contribution in [2.45, 2.75) is 25.5 Å². The summed E-state index contributed by atoms with van der Waals surface area (Å²) in [7, 11) is 1.92. The van der Waals surface area contributed by atoms with E-state index in [4.69, 9.17) is 4.74 Å². The lowest BCUT2D eigenvalue weighted by molar-refractivity contribution is 0.0996. The molecule has 0 aliphatic heterocycles. The highest BCUT2D eigenvalue weighted by Crippen LogP contribution is 2.25. The van der Waals surface area contributed by atoms with E-state index in [-0.39, 0.29) is 12.1 Å². The maximum atomic E-state index is 10.1. The maximum Gasteiger partial charge on any atom is 0.127 e. The molecule has 4 nitrogen and oxygen atoms in total. The molecule has 1 atom stereocenters. The Labute approximate surface area is 132 Å². The Balaban J connectivity index is 1.89. The Morgan fingerprint density at radius 2 is 1.86 bits per heavy atom. The number of rotatable bonds is 8. The molecule has 0 heterocycles. The van der Waals surface area contributed by atoms with Gasteiger partial charge in [0.25, 0.3) is 0 Å². The number of hydrogen-bond donors (Lipinski definition) is 3. The van der Waals surface area contributed by atoms with Crippen molar-refractivity contribution in [2.24, 2.45) is 0 Å². The van der Waals surface area contributed by atoms with Gasteiger partial charge in [-0.1, -0.05) is 36.4 Å². The molecular weight excluding hydrogens is 276 g/mol. The Morgan fingerprint density at radius 3 is 2.64 bits per heavy atom. The fraction of sp³-hybridized carbons (Fsp3) is 0.444. The van der Waals surface area contributed by atoms with E-state index in [1.165, 1.54) is 0 Å². The first-order valence-electron chi connectivity index (χ1n) is 7.70. The minimum absolute atomic E-state index is 0.0603. The molecule has 2 aromatic rings. The first-order valence-corrected chi connectivity index (χ1v) is 7.70. The summed E-state index contributed by atoms with van der Waals surface area (Å²) in [6.07, 6.45) is -0.546. The van der Waals surface area contributed by atoms with Gasteiger partial charge in [0, 0.05) is 24.0 Å². The first kappa shape index (κ1) is 16.7. The van der Waals surface area contributed by atoms with Gasteiger partial charge in [0.05, 0.1) is 0 Å². The second-order valence-electron chi connectivity index (χ2n) is 6.24. The monoisotopic (exact) mass is 302 g/mol. The van der Waals surface area contributed by atoms with Crippen molar-refractivity contribution >= 4 is 10.8 Å². The number of benzene rings is 2. The maximum absolute atomic E-state index is 10.1. The van der Waals surface area contributed by atoms with Crippen molar-refractivity contribution < 1.29 is 9.84 Å². The molecule has 0 spiro atoms. The van der Waals surface area contributed by atoms with Crippen molar-refractivity contribution in [3.63, 3.8) is 0 Å². The number of fused-ring (bicyclic) bond motifs is 1. The van der Waals surface area contributed by atoms with Crippen LogP contribution in [0.4, 0.5) is 0 Å². The first-order chi connectivity index (χ1) is 10.5. The number of ether oxygens (including phenoxy) is 1. The predicted octanol–water partition coefficient (Wildman–Crippen LogP) is 2.17. The molecule has 1 unspecified atom stereocenters. The van der Waals surface area contributed by atoms with E-state index in [1.54, 1.807) is 0 Å². The van der Waals surface area contributed by atoms with Gasteiger partial charge in [0.2, 0.25) is 0 Å². The van der Waals surface area contributed by atoms with E-state index in [9.17, 15) is 5.11 Å². The summed E-state index contributed by atoms with van der Waals surface area (Å²) in [6.45, 7) is 5.81. The molecule has 4 heteroatoms. The SMILES string of the molecule is CNCC(C)(C)NCC(O)COc1cccc2ccccc12. The minimum Gasteiger partial charge on any atom is -0.490 e. The van der Waals surface area contributed by atoms with Crippen LogP contribution < -0.4 is 15.4 Å². The second kappa shape index (κ2) is 7.58. The summed E-state index contributed by atoms with van der Waals surface area (Å²) in [5.41, 5.74) is -0.0603. The zero-order valence-corrected chi connectivity index (χ0v) is 13.6. The molecule has 120 valence electrons. The standard InChI is InChI=1S/C18H26N2O2/c1-18(2,13-19-3)20-11-15(21)12-22-17-10-6-8-14-7-4-5-9-16(14)17/h4-10,15,19-21H,11-13H2,1-3H3. The molecule has 0 bridgehead atoms. The van der Waals surface area contributed by atoms with Gasteiger partial charge in [0.15, 0.2) is 0 Å². The summed E-state index contributed by atoms with van der Waals surface area (Å²) < 4.78 is 5.80. The quantitative estimate of drug-likeness (QED) is 0.699. The predicted molar refractivity (Wildman–Crippen MR) is 91.5 cm³/mol. The number of β-amino-alcohol motifs (C(OH)–C–C–N with tert-alkyl or cyclic N) is 1. The second-order valence-corrected chi connectivity index (χ2v) is 6.24. The summed E-state index contributed by atoms with van der Waals surface area (Å²) in [6, 6.07) is 14.1. The molecule has 0 fully saturated rings.